The highest BCUT2D eigenvalue weighted by atomic mass is 16.2. The lowest BCUT2D eigenvalue weighted by Gasteiger charge is -2.07. The van der Waals surface area contributed by atoms with Crippen LogP contribution in [0.15, 0.2) is 23.9 Å². The molecule has 0 aliphatic carbocycles. The van der Waals surface area contributed by atoms with Gasteiger partial charge in [-0.3, -0.25) is 4.79 Å². The van der Waals surface area contributed by atoms with Crippen LogP contribution in [0.5, 0.6) is 0 Å². The van der Waals surface area contributed by atoms with Gasteiger partial charge >= 0.3 is 0 Å². The fraction of sp³-hybridized carbons (Fsp3) is 0.500. The molecule has 2 nitrogen and oxygen atoms in total. The highest BCUT2D eigenvalue weighted by Crippen LogP contribution is 2.15. The first-order chi connectivity index (χ1) is 5.61. The average molecular weight is 165 g/mol. The van der Waals surface area contributed by atoms with E-state index in [9.17, 15) is 4.79 Å². The number of hydrogen-bond donors (Lipinski definition) is 0. The molecule has 0 aromatic heterocycles. The minimum absolute atomic E-state index is 0.155. The molecule has 66 valence electrons. The van der Waals surface area contributed by atoms with Crippen LogP contribution in [0.1, 0.15) is 20.3 Å². The first-order valence-electron chi connectivity index (χ1n) is 4.25. The Balaban J connectivity index is 2.80. The SMILES string of the molecule is CC(C)C1=CCC(=O)N(C)C=C1. The molecule has 1 amide bonds. The molecule has 1 aliphatic heterocycles. The topological polar surface area (TPSA) is 20.3 Å². The molecule has 2 heteroatoms. The summed E-state index contributed by atoms with van der Waals surface area (Å²) in [6, 6.07) is 0. The molecule has 0 saturated carbocycles. The van der Waals surface area contributed by atoms with Crippen LogP contribution in [0, 0.1) is 5.92 Å². The second-order valence-electron chi connectivity index (χ2n) is 3.38. The van der Waals surface area contributed by atoms with Gasteiger partial charge in [0.2, 0.25) is 5.91 Å². The van der Waals surface area contributed by atoms with Crippen molar-refractivity contribution in [1.29, 1.82) is 0 Å². The normalized spacial score (nSPS) is 18.2. The molecule has 1 aliphatic rings. The third-order valence-electron chi connectivity index (χ3n) is 2.06. The van der Waals surface area contributed by atoms with Gasteiger partial charge < -0.3 is 4.90 Å². The highest BCUT2D eigenvalue weighted by molar-refractivity contribution is 5.79. The number of rotatable bonds is 1. The molecule has 0 fully saturated rings. The molecule has 0 spiro atoms. The molecule has 0 bridgehead atoms. The fourth-order valence-corrected chi connectivity index (χ4v) is 1.13. The Morgan fingerprint density at radius 1 is 1.50 bits per heavy atom. The molecule has 0 atom stereocenters. The molecule has 0 radical (unpaired) electrons. The molecule has 0 aromatic rings. The maximum absolute atomic E-state index is 11.2. The van der Waals surface area contributed by atoms with E-state index in [1.54, 1.807) is 11.9 Å². The zero-order valence-electron chi connectivity index (χ0n) is 7.87. The molecule has 0 aromatic carbocycles. The molecule has 0 N–H and O–H groups in total. The Morgan fingerprint density at radius 2 is 2.17 bits per heavy atom. The van der Waals surface area contributed by atoms with Crippen molar-refractivity contribution in [3.63, 3.8) is 0 Å². The van der Waals surface area contributed by atoms with Crippen molar-refractivity contribution in [3.05, 3.63) is 23.9 Å². The predicted octanol–water partition coefficient (Wildman–Crippen LogP) is 1.94. The summed E-state index contributed by atoms with van der Waals surface area (Å²) >= 11 is 0. The molecular weight excluding hydrogens is 150 g/mol. The maximum atomic E-state index is 11.2. The van der Waals surface area contributed by atoms with Crippen LogP contribution in [0.2, 0.25) is 0 Å². The van der Waals surface area contributed by atoms with Crippen molar-refractivity contribution < 1.29 is 4.79 Å². The lowest BCUT2D eigenvalue weighted by molar-refractivity contribution is -0.126. The van der Waals surface area contributed by atoms with Gasteiger partial charge in [0.25, 0.3) is 0 Å². The molecule has 0 unspecified atom stereocenters. The fourth-order valence-electron chi connectivity index (χ4n) is 1.13. The van der Waals surface area contributed by atoms with E-state index in [0.717, 1.165) is 0 Å². The highest BCUT2D eigenvalue weighted by Gasteiger charge is 2.09. The Hall–Kier alpha value is -1.05. The zero-order valence-corrected chi connectivity index (χ0v) is 7.87. The van der Waals surface area contributed by atoms with Crippen LogP contribution in [-0.4, -0.2) is 17.9 Å². The van der Waals surface area contributed by atoms with Gasteiger partial charge in [0.1, 0.15) is 0 Å². The summed E-state index contributed by atoms with van der Waals surface area (Å²) in [6.45, 7) is 4.26. The largest absolute Gasteiger partial charge is 0.322 e. The Morgan fingerprint density at radius 3 is 2.75 bits per heavy atom. The van der Waals surface area contributed by atoms with E-state index in [0.29, 0.717) is 12.3 Å². The lowest BCUT2D eigenvalue weighted by Crippen LogP contribution is -2.18. The summed E-state index contributed by atoms with van der Waals surface area (Å²) < 4.78 is 0. The number of nitrogens with zero attached hydrogens (tertiary/aromatic N) is 1. The van der Waals surface area contributed by atoms with Crippen molar-refractivity contribution >= 4 is 5.91 Å². The lowest BCUT2D eigenvalue weighted by atomic mass is 10.0. The van der Waals surface area contributed by atoms with Gasteiger partial charge in [-0.25, -0.2) is 0 Å². The van der Waals surface area contributed by atoms with E-state index in [4.69, 9.17) is 0 Å². The van der Waals surface area contributed by atoms with Crippen LogP contribution < -0.4 is 0 Å². The minimum Gasteiger partial charge on any atom is -0.322 e. The summed E-state index contributed by atoms with van der Waals surface area (Å²) in [5.41, 5.74) is 1.24. The van der Waals surface area contributed by atoms with Crippen molar-refractivity contribution in [2.24, 2.45) is 5.92 Å². The number of carbonyl (C=O) groups is 1. The smallest absolute Gasteiger partial charge is 0.230 e. The van der Waals surface area contributed by atoms with Crippen molar-refractivity contribution in [1.82, 2.24) is 4.90 Å². The molecule has 1 heterocycles. The first kappa shape index (κ1) is 9.04. The van der Waals surface area contributed by atoms with E-state index in [1.165, 1.54) is 5.57 Å². The standard InChI is InChI=1S/C10H15NO/c1-8(2)9-4-5-10(12)11(3)7-6-9/h4,6-8H,5H2,1-3H3. The van der Waals surface area contributed by atoms with Gasteiger partial charge in [-0.05, 0) is 17.6 Å². The van der Waals surface area contributed by atoms with Crippen molar-refractivity contribution in [3.8, 4) is 0 Å². The van der Waals surface area contributed by atoms with Gasteiger partial charge in [0.15, 0.2) is 0 Å². The number of allylic oxidation sites excluding steroid dienone is 2. The van der Waals surface area contributed by atoms with E-state index in [-0.39, 0.29) is 5.91 Å². The third kappa shape index (κ3) is 1.97. The Bertz CT molecular complexity index is 238. The summed E-state index contributed by atoms with van der Waals surface area (Å²) in [4.78, 5) is 12.8. The number of amides is 1. The quantitative estimate of drug-likeness (QED) is 0.581. The molecule has 1 rings (SSSR count). The Kier molecular flexibility index (Phi) is 2.69. The zero-order chi connectivity index (χ0) is 9.14. The third-order valence-corrected chi connectivity index (χ3v) is 2.06. The second-order valence-corrected chi connectivity index (χ2v) is 3.38. The molecule has 12 heavy (non-hydrogen) atoms. The maximum Gasteiger partial charge on any atom is 0.230 e. The van der Waals surface area contributed by atoms with Gasteiger partial charge in [0, 0.05) is 19.7 Å². The summed E-state index contributed by atoms with van der Waals surface area (Å²) in [6.07, 6.45) is 6.38. The number of hydrogen-bond acceptors (Lipinski definition) is 1. The van der Waals surface area contributed by atoms with Crippen LogP contribution in [0.25, 0.3) is 0 Å². The summed E-state index contributed by atoms with van der Waals surface area (Å²) in [5.74, 6) is 0.655. The average Bonchev–Trinajstić information content (AvgIpc) is 2.16. The number of carbonyl (C=O) groups excluding carboxylic acids is 1. The first-order valence-corrected chi connectivity index (χ1v) is 4.25. The van der Waals surface area contributed by atoms with Crippen LogP contribution in [-0.2, 0) is 4.79 Å². The second kappa shape index (κ2) is 3.57. The van der Waals surface area contributed by atoms with Crippen molar-refractivity contribution in [2.75, 3.05) is 7.05 Å². The van der Waals surface area contributed by atoms with Crippen molar-refractivity contribution in [2.45, 2.75) is 20.3 Å². The summed E-state index contributed by atoms with van der Waals surface area (Å²) in [5, 5.41) is 0. The van der Waals surface area contributed by atoms with Crippen LogP contribution in [0.3, 0.4) is 0 Å². The van der Waals surface area contributed by atoms with Gasteiger partial charge in [-0.1, -0.05) is 19.9 Å². The molecular formula is C10H15NO. The minimum atomic E-state index is 0.155. The van der Waals surface area contributed by atoms with E-state index in [2.05, 4.69) is 13.8 Å². The van der Waals surface area contributed by atoms with Crippen LogP contribution >= 0.6 is 0 Å². The Labute approximate surface area is 73.6 Å². The van der Waals surface area contributed by atoms with Gasteiger partial charge in [0.05, 0.1) is 0 Å². The van der Waals surface area contributed by atoms with Crippen LogP contribution in [0.4, 0.5) is 0 Å². The predicted molar refractivity (Wildman–Crippen MR) is 49.4 cm³/mol. The van der Waals surface area contributed by atoms with E-state index < -0.39 is 0 Å². The summed E-state index contributed by atoms with van der Waals surface area (Å²) in [7, 11) is 1.79. The van der Waals surface area contributed by atoms with E-state index in [1.807, 2.05) is 18.4 Å². The van der Waals surface area contributed by atoms with E-state index >= 15 is 0 Å². The molecule has 0 saturated heterocycles. The monoisotopic (exact) mass is 165 g/mol. The van der Waals surface area contributed by atoms with Gasteiger partial charge in [-0.2, -0.15) is 0 Å². The van der Waals surface area contributed by atoms with Gasteiger partial charge in [-0.15, -0.1) is 0 Å².